The van der Waals surface area contributed by atoms with Crippen molar-refractivity contribution in [1.29, 1.82) is 0 Å². The Balaban J connectivity index is 2.64. The van der Waals surface area contributed by atoms with E-state index in [-0.39, 0.29) is 25.3 Å². The summed E-state index contributed by atoms with van der Waals surface area (Å²) in [5, 5.41) is 14.3. The van der Waals surface area contributed by atoms with Crippen molar-refractivity contribution in [2.45, 2.75) is 44.8 Å². The summed E-state index contributed by atoms with van der Waals surface area (Å²) in [5.74, 6) is -1.66. The van der Waals surface area contributed by atoms with Crippen LogP contribution in [0.1, 0.15) is 26.7 Å². The number of aliphatic carboxylic acids is 1. The molecule has 3 amide bonds. The quantitative estimate of drug-likeness (QED) is 0.440. The number of hydrogen-bond donors (Lipinski definition) is 3. The van der Waals surface area contributed by atoms with Crippen molar-refractivity contribution >= 4 is 17.9 Å². The topological polar surface area (TPSA) is 108 Å². The highest BCUT2D eigenvalue weighted by Gasteiger charge is 2.36. The van der Waals surface area contributed by atoms with Crippen LogP contribution in [0.3, 0.4) is 0 Å². The highest BCUT2D eigenvalue weighted by molar-refractivity contribution is 5.90. The van der Waals surface area contributed by atoms with Gasteiger partial charge in [-0.3, -0.25) is 4.79 Å². The number of likely N-dealkylation sites (tertiary alicyclic amines) is 1. The molecule has 0 aromatic carbocycles. The Morgan fingerprint density at radius 3 is 2.65 bits per heavy atom. The Bertz CT molecular complexity index is 452. The minimum absolute atomic E-state index is 0.0362. The van der Waals surface area contributed by atoms with E-state index in [1.165, 1.54) is 11.0 Å². The molecule has 1 fully saturated rings. The highest BCUT2D eigenvalue weighted by atomic mass is 16.5. The lowest BCUT2D eigenvalue weighted by molar-refractivity contribution is -0.144. The van der Waals surface area contributed by atoms with Gasteiger partial charge in [0.05, 0.1) is 13.2 Å². The maximum atomic E-state index is 12.3. The molecule has 1 heterocycles. The Morgan fingerprint density at radius 1 is 1.39 bits per heavy atom. The number of rotatable bonds is 8. The van der Waals surface area contributed by atoms with Crippen LogP contribution in [0.5, 0.6) is 0 Å². The molecule has 0 aromatic rings. The molecule has 1 saturated heterocycles. The molecule has 1 unspecified atom stereocenters. The number of urea groups is 1. The first kappa shape index (κ1) is 19.0. The van der Waals surface area contributed by atoms with Crippen LogP contribution in [-0.4, -0.2) is 65.8 Å². The third kappa shape index (κ3) is 5.90. The number of carbonyl (C=O) groups is 3. The van der Waals surface area contributed by atoms with Crippen molar-refractivity contribution in [3.05, 3.63) is 12.7 Å². The van der Waals surface area contributed by atoms with Crippen LogP contribution in [0.15, 0.2) is 12.7 Å². The minimum Gasteiger partial charge on any atom is -0.480 e. The molecule has 130 valence electrons. The Kier molecular flexibility index (Phi) is 7.53. The van der Waals surface area contributed by atoms with Crippen molar-refractivity contribution in [2.75, 3.05) is 19.8 Å². The molecule has 3 N–H and O–H groups in total. The molecule has 8 nitrogen and oxygen atoms in total. The zero-order chi connectivity index (χ0) is 17.4. The van der Waals surface area contributed by atoms with Gasteiger partial charge in [-0.1, -0.05) is 6.08 Å². The Morgan fingerprint density at radius 2 is 2.09 bits per heavy atom. The summed E-state index contributed by atoms with van der Waals surface area (Å²) in [5.41, 5.74) is 0. The molecule has 0 spiro atoms. The van der Waals surface area contributed by atoms with Gasteiger partial charge in [-0.05, 0) is 26.7 Å². The van der Waals surface area contributed by atoms with Crippen LogP contribution in [0, 0.1) is 0 Å². The molecular weight excluding hydrogens is 302 g/mol. The second-order valence-electron chi connectivity index (χ2n) is 5.68. The van der Waals surface area contributed by atoms with Crippen LogP contribution >= 0.6 is 0 Å². The van der Waals surface area contributed by atoms with Gasteiger partial charge in [0, 0.05) is 12.6 Å². The van der Waals surface area contributed by atoms with Gasteiger partial charge in [-0.25, -0.2) is 9.59 Å². The summed E-state index contributed by atoms with van der Waals surface area (Å²) in [7, 11) is 0. The molecule has 1 rings (SSSR count). The minimum atomic E-state index is -1.18. The predicted octanol–water partition coefficient (Wildman–Crippen LogP) is 0.341. The van der Waals surface area contributed by atoms with Gasteiger partial charge < -0.3 is 25.4 Å². The summed E-state index contributed by atoms with van der Waals surface area (Å²) in [4.78, 5) is 37.0. The molecule has 1 aliphatic rings. The van der Waals surface area contributed by atoms with Crippen LogP contribution in [-0.2, 0) is 14.3 Å². The van der Waals surface area contributed by atoms with Crippen molar-refractivity contribution in [2.24, 2.45) is 0 Å². The fraction of sp³-hybridized carbons (Fsp3) is 0.667. The van der Waals surface area contributed by atoms with E-state index in [1.54, 1.807) is 0 Å². The van der Waals surface area contributed by atoms with Crippen molar-refractivity contribution < 1.29 is 24.2 Å². The maximum absolute atomic E-state index is 12.3. The largest absolute Gasteiger partial charge is 0.480 e. The lowest BCUT2D eigenvalue weighted by Gasteiger charge is -2.26. The molecular formula is C15H25N3O5. The zero-order valence-electron chi connectivity index (χ0n) is 13.6. The number of nitrogens with zero attached hydrogens (tertiary/aromatic N) is 1. The van der Waals surface area contributed by atoms with E-state index < -0.39 is 24.0 Å². The monoisotopic (exact) mass is 327 g/mol. The van der Waals surface area contributed by atoms with E-state index >= 15 is 0 Å². The molecule has 23 heavy (non-hydrogen) atoms. The number of ether oxygens (including phenoxy) is 1. The number of carbonyl (C=O) groups excluding carboxylic acids is 2. The van der Waals surface area contributed by atoms with E-state index in [2.05, 4.69) is 17.2 Å². The van der Waals surface area contributed by atoms with Crippen LogP contribution in [0.2, 0.25) is 0 Å². The first-order chi connectivity index (χ1) is 10.9. The third-order valence-corrected chi connectivity index (χ3v) is 3.36. The van der Waals surface area contributed by atoms with Gasteiger partial charge in [0.1, 0.15) is 6.04 Å². The van der Waals surface area contributed by atoms with Gasteiger partial charge in [0.2, 0.25) is 5.91 Å². The van der Waals surface area contributed by atoms with Gasteiger partial charge in [-0.15, -0.1) is 6.58 Å². The summed E-state index contributed by atoms with van der Waals surface area (Å²) in [6, 6.07) is -2.16. The molecule has 8 heteroatoms. The molecule has 0 radical (unpaired) electrons. The fourth-order valence-electron chi connectivity index (χ4n) is 2.32. The summed E-state index contributed by atoms with van der Waals surface area (Å²) in [6.45, 7) is 7.66. The number of hydrogen-bond acceptors (Lipinski definition) is 4. The van der Waals surface area contributed by atoms with Crippen LogP contribution in [0.25, 0.3) is 0 Å². The summed E-state index contributed by atoms with van der Waals surface area (Å²) >= 11 is 0. The number of carboxylic acids is 1. The molecule has 0 bridgehead atoms. The van der Waals surface area contributed by atoms with Crippen LogP contribution < -0.4 is 10.6 Å². The van der Waals surface area contributed by atoms with E-state index in [1.807, 2.05) is 13.8 Å². The van der Waals surface area contributed by atoms with Gasteiger partial charge >= 0.3 is 12.0 Å². The van der Waals surface area contributed by atoms with Gasteiger partial charge in [-0.2, -0.15) is 0 Å². The molecule has 0 aromatic heterocycles. The Labute approximate surface area is 135 Å². The molecule has 0 saturated carbocycles. The Hall–Kier alpha value is -2.09. The first-order valence-electron chi connectivity index (χ1n) is 7.65. The molecule has 0 aliphatic carbocycles. The zero-order valence-corrected chi connectivity index (χ0v) is 13.6. The smallest absolute Gasteiger partial charge is 0.328 e. The van der Waals surface area contributed by atoms with E-state index in [0.29, 0.717) is 19.4 Å². The van der Waals surface area contributed by atoms with Crippen molar-refractivity contribution in [3.8, 4) is 0 Å². The lowest BCUT2D eigenvalue weighted by atomic mass is 10.2. The third-order valence-electron chi connectivity index (χ3n) is 3.36. The lowest BCUT2D eigenvalue weighted by Crippen LogP contribution is -2.54. The van der Waals surface area contributed by atoms with Gasteiger partial charge in [0.15, 0.2) is 6.04 Å². The fourth-order valence-corrected chi connectivity index (χ4v) is 2.32. The van der Waals surface area contributed by atoms with Crippen molar-refractivity contribution in [1.82, 2.24) is 15.5 Å². The standard InChI is InChI=1S/C15H25N3O5/c1-4-8-23-9-11(14(20)21)17-13(19)12-6-5-7-18(12)15(22)16-10(2)3/h4,10-12H,1,5-9H2,2-3H3,(H,16,22)(H,17,19)(H,20,21)/t11?,12-/m0/s1. The van der Waals surface area contributed by atoms with Gasteiger partial charge in [0.25, 0.3) is 0 Å². The predicted molar refractivity (Wildman–Crippen MR) is 84.0 cm³/mol. The van der Waals surface area contributed by atoms with E-state index in [0.717, 1.165) is 0 Å². The summed E-state index contributed by atoms with van der Waals surface area (Å²) < 4.78 is 5.09. The van der Waals surface area contributed by atoms with E-state index in [9.17, 15) is 14.4 Å². The summed E-state index contributed by atoms with van der Waals surface area (Å²) in [6.07, 6.45) is 2.71. The SMILES string of the molecule is C=CCOCC(NC(=O)[C@@H]1CCCN1C(=O)NC(C)C)C(=O)O. The number of carboxylic acid groups (broad SMARTS) is 1. The maximum Gasteiger partial charge on any atom is 0.328 e. The van der Waals surface area contributed by atoms with Crippen molar-refractivity contribution in [3.63, 3.8) is 0 Å². The number of nitrogens with one attached hydrogen (secondary N) is 2. The highest BCUT2D eigenvalue weighted by Crippen LogP contribution is 2.17. The van der Waals surface area contributed by atoms with E-state index in [4.69, 9.17) is 9.84 Å². The second kappa shape index (κ2) is 9.14. The molecule has 1 aliphatic heterocycles. The average Bonchev–Trinajstić information content (AvgIpc) is 2.95. The van der Waals surface area contributed by atoms with Crippen LogP contribution in [0.4, 0.5) is 4.79 Å². The number of amides is 3. The average molecular weight is 327 g/mol. The normalized spacial score (nSPS) is 18.6. The molecule has 2 atom stereocenters. The second-order valence-corrected chi connectivity index (χ2v) is 5.68. The first-order valence-corrected chi connectivity index (χ1v) is 7.65.